The molecule has 18 heavy (non-hydrogen) atoms. The third-order valence-electron chi connectivity index (χ3n) is 3.29. The molecule has 1 aromatic carbocycles. The number of hydrogen-bond acceptors (Lipinski definition) is 2. The molecule has 2 unspecified atom stereocenters. The van der Waals surface area contributed by atoms with Crippen LogP contribution in [0.15, 0.2) is 30.3 Å². The maximum atomic E-state index is 9.18. The molecular weight excluding hydrogens is 222 g/mol. The van der Waals surface area contributed by atoms with Crippen LogP contribution < -0.4 is 5.32 Å². The zero-order valence-corrected chi connectivity index (χ0v) is 11.9. The molecule has 1 rings (SSSR count). The fourth-order valence-corrected chi connectivity index (χ4v) is 2.40. The quantitative estimate of drug-likeness (QED) is 0.741. The average Bonchev–Trinajstić information content (AvgIpc) is 2.34. The fourth-order valence-electron chi connectivity index (χ4n) is 2.40. The van der Waals surface area contributed by atoms with E-state index < -0.39 is 0 Å². The molecule has 1 aromatic rings. The van der Waals surface area contributed by atoms with Gasteiger partial charge in [0.2, 0.25) is 0 Å². The number of aliphatic hydroxyl groups is 1. The van der Waals surface area contributed by atoms with Crippen LogP contribution in [0, 0.1) is 5.92 Å². The summed E-state index contributed by atoms with van der Waals surface area (Å²) in [6, 6.07) is 11.0. The van der Waals surface area contributed by atoms with Crippen LogP contribution in [0.25, 0.3) is 0 Å². The predicted octanol–water partition coefficient (Wildman–Crippen LogP) is 3.18. The van der Waals surface area contributed by atoms with Gasteiger partial charge in [-0.3, -0.25) is 0 Å². The van der Waals surface area contributed by atoms with Crippen LogP contribution in [0.4, 0.5) is 0 Å². The minimum Gasteiger partial charge on any atom is -0.396 e. The standard InChI is InChI=1S/C16H27NO/c1-13(2)11-14(3)17-12-16(9-10-18)15-7-5-4-6-8-15/h4-8,13-14,16-18H,9-12H2,1-3H3. The molecule has 0 aliphatic rings. The Morgan fingerprint density at radius 1 is 1.11 bits per heavy atom. The van der Waals surface area contributed by atoms with Crippen LogP contribution in [0.5, 0.6) is 0 Å². The van der Waals surface area contributed by atoms with Gasteiger partial charge in [0.1, 0.15) is 0 Å². The topological polar surface area (TPSA) is 32.3 Å². The van der Waals surface area contributed by atoms with Gasteiger partial charge >= 0.3 is 0 Å². The minimum atomic E-state index is 0.250. The summed E-state index contributed by atoms with van der Waals surface area (Å²) in [7, 11) is 0. The van der Waals surface area contributed by atoms with Crippen LogP contribution in [0.3, 0.4) is 0 Å². The number of aliphatic hydroxyl groups excluding tert-OH is 1. The zero-order chi connectivity index (χ0) is 13.4. The average molecular weight is 249 g/mol. The highest BCUT2D eigenvalue weighted by atomic mass is 16.3. The Morgan fingerprint density at radius 2 is 1.78 bits per heavy atom. The number of benzene rings is 1. The van der Waals surface area contributed by atoms with Gasteiger partial charge in [-0.2, -0.15) is 0 Å². The van der Waals surface area contributed by atoms with E-state index in [0.717, 1.165) is 18.9 Å². The third-order valence-corrected chi connectivity index (χ3v) is 3.29. The van der Waals surface area contributed by atoms with Crippen molar-refractivity contribution in [1.82, 2.24) is 5.32 Å². The highest BCUT2D eigenvalue weighted by Crippen LogP contribution is 2.18. The normalized spacial score (nSPS) is 14.7. The lowest BCUT2D eigenvalue weighted by Gasteiger charge is -2.21. The predicted molar refractivity (Wildman–Crippen MR) is 77.8 cm³/mol. The van der Waals surface area contributed by atoms with Gasteiger partial charge in [-0.1, -0.05) is 44.2 Å². The van der Waals surface area contributed by atoms with Gasteiger partial charge in [-0.15, -0.1) is 0 Å². The van der Waals surface area contributed by atoms with Crippen LogP contribution in [-0.2, 0) is 0 Å². The van der Waals surface area contributed by atoms with Crippen molar-refractivity contribution < 1.29 is 5.11 Å². The van der Waals surface area contributed by atoms with E-state index in [1.54, 1.807) is 0 Å². The van der Waals surface area contributed by atoms with Gasteiger partial charge < -0.3 is 10.4 Å². The van der Waals surface area contributed by atoms with E-state index in [4.69, 9.17) is 0 Å². The van der Waals surface area contributed by atoms with Crippen molar-refractivity contribution in [2.45, 2.75) is 45.6 Å². The highest BCUT2D eigenvalue weighted by molar-refractivity contribution is 5.19. The van der Waals surface area contributed by atoms with Crippen LogP contribution in [0.1, 0.15) is 45.1 Å². The summed E-state index contributed by atoms with van der Waals surface area (Å²) < 4.78 is 0. The molecule has 0 amide bonds. The first-order valence-electron chi connectivity index (χ1n) is 7.02. The van der Waals surface area contributed by atoms with Crippen molar-refractivity contribution in [1.29, 1.82) is 0 Å². The van der Waals surface area contributed by atoms with E-state index in [-0.39, 0.29) is 6.61 Å². The first-order chi connectivity index (χ1) is 8.63. The Balaban J connectivity index is 2.48. The van der Waals surface area contributed by atoms with E-state index in [9.17, 15) is 5.11 Å². The van der Waals surface area contributed by atoms with Crippen molar-refractivity contribution in [3.63, 3.8) is 0 Å². The summed E-state index contributed by atoms with van der Waals surface area (Å²) in [4.78, 5) is 0. The molecule has 0 aliphatic carbocycles. The second-order valence-corrected chi connectivity index (χ2v) is 5.56. The van der Waals surface area contributed by atoms with Crippen LogP contribution >= 0.6 is 0 Å². The Bertz CT molecular complexity index is 310. The molecule has 0 fully saturated rings. The maximum absolute atomic E-state index is 9.18. The molecule has 0 aliphatic heterocycles. The Labute approximate surface area is 111 Å². The van der Waals surface area contributed by atoms with Crippen LogP contribution in [0.2, 0.25) is 0 Å². The monoisotopic (exact) mass is 249 g/mol. The Hall–Kier alpha value is -0.860. The Morgan fingerprint density at radius 3 is 2.33 bits per heavy atom. The SMILES string of the molecule is CC(C)CC(C)NCC(CCO)c1ccccc1. The molecule has 0 saturated carbocycles. The second kappa shape index (κ2) is 8.28. The molecule has 0 spiro atoms. The van der Waals surface area contributed by atoms with E-state index in [1.165, 1.54) is 12.0 Å². The molecule has 0 radical (unpaired) electrons. The van der Waals surface area contributed by atoms with Gasteiger partial charge in [0.05, 0.1) is 0 Å². The first-order valence-corrected chi connectivity index (χ1v) is 7.02. The smallest absolute Gasteiger partial charge is 0.0437 e. The molecule has 0 bridgehead atoms. The summed E-state index contributed by atoms with van der Waals surface area (Å²) in [6.45, 7) is 7.93. The van der Waals surface area contributed by atoms with Crippen LogP contribution in [-0.4, -0.2) is 24.3 Å². The molecule has 102 valence electrons. The van der Waals surface area contributed by atoms with Gasteiger partial charge in [0, 0.05) is 19.2 Å². The van der Waals surface area contributed by atoms with E-state index >= 15 is 0 Å². The lowest BCUT2D eigenvalue weighted by atomic mass is 9.95. The van der Waals surface area contributed by atoms with Crippen molar-refractivity contribution in [2.24, 2.45) is 5.92 Å². The van der Waals surface area contributed by atoms with Crippen molar-refractivity contribution >= 4 is 0 Å². The third kappa shape index (κ3) is 5.65. The van der Waals surface area contributed by atoms with Crippen molar-refractivity contribution in [2.75, 3.05) is 13.2 Å². The summed E-state index contributed by atoms with van der Waals surface area (Å²) in [5.41, 5.74) is 1.32. The van der Waals surface area contributed by atoms with Crippen molar-refractivity contribution in [3.05, 3.63) is 35.9 Å². The summed E-state index contributed by atoms with van der Waals surface area (Å²) in [5, 5.41) is 12.8. The molecule has 0 aromatic heterocycles. The molecule has 2 nitrogen and oxygen atoms in total. The molecule has 0 saturated heterocycles. The van der Waals surface area contributed by atoms with E-state index in [1.807, 2.05) is 6.07 Å². The number of nitrogens with one attached hydrogen (secondary N) is 1. The van der Waals surface area contributed by atoms with Gasteiger partial charge in [0.25, 0.3) is 0 Å². The largest absolute Gasteiger partial charge is 0.396 e. The summed E-state index contributed by atoms with van der Waals surface area (Å²) in [6.07, 6.45) is 2.02. The lowest BCUT2D eigenvalue weighted by Crippen LogP contribution is -2.31. The maximum Gasteiger partial charge on any atom is 0.0437 e. The van der Waals surface area contributed by atoms with E-state index in [2.05, 4.69) is 50.4 Å². The summed E-state index contributed by atoms with van der Waals surface area (Å²) >= 11 is 0. The van der Waals surface area contributed by atoms with Gasteiger partial charge in [-0.05, 0) is 37.2 Å². The molecule has 2 heteroatoms. The highest BCUT2D eigenvalue weighted by Gasteiger charge is 2.12. The molecule has 0 heterocycles. The second-order valence-electron chi connectivity index (χ2n) is 5.56. The minimum absolute atomic E-state index is 0.250. The van der Waals surface area contributed by atoms with Gasteiger partial charge in [-0.25, -0.2) is 0 Å². The lowest BCUT2D eigenvalue weighted by molar-refractivity contribution is 0.271. The number of hydrogen-bond donors (Lipinski definition) is 2. The molecule has 2 N–H and O–H groups in total. The summed E-state index contributed by atoms with van der Waals surface area (Å²) in [5.74, 6) is 1.13. The Kier molecular flexibility index (Phi) is 6.99. The first kappa shape index (κ1) is 15.2. The van der Waals surface area contributed by atoms with Crippen molar-refractivity contribution in [3.8, 4) is 0 Å². The molecule has 2 atom stereocenters. The molecular formula is C16H27NO. The van der Waals surface area contributed by atoms with E-state index in [0.29, 0.717) is 12.0 Å². The fraction of sp³-hybridized carbons (Fsp3) is 0.625. The number of rotatable bonds is 8. The zero-order valence-electron chi connectivity index (χ0n) is 11.9. The van der Waals surface area contributed by atoms with Gasteiger partial charge in [0.15, 0.2) is 0 Å².